The van der Waals surface area contributed by atoms with Crippen molar-refractivity contribution in [2.45, 2.75) is 31.4 Å². The number of halogens is 1. The lowest BCUT2D eigenvalue weighted by Gasteiger charge is -2.18. The molecule has 2 heterocycles. The van der Waals surface area contributed by atoms with Crippen LogP contribution in [0.15, 0.2) is 16.6 Å². The summed E-state index contributed by atoms with van der Waals surface area (Å²) in [5.41, 5.74) is 3.50. The molecule has 0 amide bonds. The first kappa shape index (κ1) is 11.6. The van der Waals surface area contributed by atoms with Crippen LogP contribution in [0.4, 0.5) is 0 Å². The van der Waals surface area contributed by atoms with E-state index in [1.165, 1.54) is 30.6 Å². The number of aromatic amines is 1. The van der Waals surface area contributed by atoms with Crippen molar-refractivity contribution in [3.05, 3.63) is 28.0 Å². The fourth-order valence-corrected chi connectivity index (χ4v) is 4.20. The number of imidazole rings is 1. The van der Waals surface area contributed by atoms with Gasteiger partial charge in [-0.05, 0) is 43.2 Å². The molecule has 1 saturated heterocycles. The van der Waals surface area contributed by atoms with Gasteiger partial charge in [0.25, 0.3) is 0 Å². The minimum Gasteiger partial charge on any atom is -0.341 e. The molecule has 1 aromatic carbocycles. The third-order valence-corrected chi connectivity index (χ3v) is 5.09. The lowest BCUT2D eigenvalue weighted by Crippen LogP contribution is -2.03. The smallest absolute Gasteiger partial charge is 0.120 e. The largest absolute Gasteiger partial charge is 0.341 e. The summed E-state index contributed by atoms with van der Waals surface area (Å²) in [6, 6.07) is 4.24. The molecule has 2 aromatic rings. The average Bonchev–Trinajstić information content (AvgIpc) is 2.74. The zero-order chi connectivity index (χ0) is 11.8. The number of hydrogen-bond donors (Lipinski definition) is 1. The van der Waals surface area contributed by atoms with Crippen LogP contribution < -0.4 is 0 Å². The summed E-state index contributed by atoms with van der Waals surface area (Å²) in [6.07, 6.45) is 3.94. The first-order chi connectivity index (χ1) is 8.24. The molecule has 1 atom stereocenters. The van der Waals surface area contributed by atoms with Crippen molar-refractivity contribution in [2.75, 3.05) is 5.75 Å². The van der Waals surface area contributed by atoms with Crippen LogP contribution in [-0.4, -0.2) is 15.7 Å². The van der Waals surface area contributed by atoms with Crippen LogP contribution in [0.25, 0.3) is 11.0 Å². The van der Waals surface area contributed by atoms with Crippen molar-refractivity contribution >= 4 is 38.7 Å². The second-order valence-electron chi connectivity index (χ2n) is 4.60. The second-order valence-corrected chi connectivity index (χ2v) is 6.82. The molecule has 1 N–H and O–H groups in total. The molecule has 0 aliphatic carbocycles. The lowest BCUT2D eigenvalue weighted by molar-refractivity contribution is 0.668. The van der Waals surface area contributed by atoms with Gasteiger partial charge in [0.05, 0.1) is 16.3 Å². The van der Waals surface area contributed by atoms with E-state index in [1.54, 1.807) is 0 Å². The predicted octanol–water partition coefficient (Wildman–Crippen LogP) is 4.59. The molecule has 1 unspecified atom stereocenters. The van der Waals surface area contributed by atoms with Crippen LogP contribution >= 0.6 is 27.7 Å². The molecule has 1 aliphatic rings. The van der Waals surface area contributed by atoms with E-state index in [9.17, 15) is 0 Å². The molecule has 0 saturated carbocycles. The third-order valence-electron chi connectivity index (χ3n) is 3.24. The Kier molecular flexibility index (Phi) is 3.17. The summed E-state index contributed by atoms with van der Waals surface area (Å²) >= 11 is 5.57. The molecular weight excluding hydrogens is 296 g/mol. The summed E-state index contributed by atoms with van der Waals surface area (Å²) in [6.45, 7) is 2.12. The van der Waals surface area contributed by atoms with E-state index in [2.05, 4.69) is 40.0 Å². The van der Waals surface area contributed by atoms with Crippen molar-refractivity contribution in [3.63, 3.8) is 0 Å². The number of hydrogen-bond acceptors (Lipinski definition) is 2. The molecule has 0 bridgehead atoms. The molecule has 2 nitrogen and oxygen atoms in total. The number of aryl methyl sites for hydroxylation is 1. The highest BCUT2D eigenvalue weighted by atomic mass is 79.9. The molecule has 1 aromatic heterocycles. The fourth-order valence-electron chi connectivity index (χ4n) is 2.37. The van der Waals surface area contributed by atoms with Gasteiger partial charge in [0, 0.05) is 4.47 Å². The van der Waals surface area contributed by atoms with Gasteiger partial charge in [0.15, 0.2) is 0 Å². The van der Waals surface area contributed by atoms with Gasteiger partial charge in [-0.15, -0.1) is 0 Å². The number of aromatic nitrogens is 2. The average molecular weight is 311 g/mol. The minimum absolute atomic E-state index is 0.564. The number of H-pyrrole nitrogens is 1. The summed E-state index contributed by atoms with van der Waals surface area (Å²) in [7, 11) is 0. The van der Waals surface area contributed by atoms with E-state index in [1.807, 2.05) is 11.8 Å². The van der Waals surface area contributed by atoms with Gasteiger partial charge in [0.1, 0.15) is 5.82 Å². The number of nitrogens with one attached hydrogen (secondary N) is 1. The van der Waals surface area contributed by atoms with Crippen LogP contribution in [0.3, 0.4) is 0 Å². The van der Waals surface area contributed by atoms with Gasteiger partial charge in [-0.2, -0.15) is 11.8 Å². The minimum atomic E-state index is 0.564. The van der Waals surface area contributed by atoms with Crippen LogP contribution in [0, 0.1) is 6.92 Å². The molecule has 90 valence electrons. The maximum absolute atomic E-state index is 4.78. The van der Waals surface area contributed by atoms with Crippen LogP contribution in [0.1, 0.15) is 35.9 Å². The summed E-state index contributed by atoms with van der Waals surface area (Å²) in [4.78, 5) is 8.26. The van der Waals surface area contributed by atoms with Crippen LogP contribution in [0.5, 0.6) is 0 Å². The summed E-state index contributed by atoms with van der Waals surface area (Å²) in [5, 5.41) is 0.564. The zero-order valence-electron chi connectivity index (χ0n) is 9.79. The van der Waals surface area contributed by atoms with Crippen molar-refractivity contribution in [3.8, 4) is 0 Å². The van der Waals surface area contributed by atoms with Gasteiger partial charge in [-0.25, -0.2) is 4.98 Å². The Hall–Kier alpha value is -0.480. The molecule has 0 radical (unpaired) electrons. The Morgan fingerprint density at radius 2 is 2.29 bits per heavy atom. The topological polar surface area (TPSA) is 28.7 Å². The Morgan fingerprint density at radius 3 is 3.06 bits per heavy atom. The Labute approximate surface area is 114 Å². The number of benzene rings is 1. The first-order valence-corrected chi connectivity index (χ1v) is 7.85. The zero-order valence-corrected chi connectivity index (χ0v) is 12.2. The van der Waals surface area contributed by atoms with Crippen LogP contribution in [0.2, 0.25) is 0 Å². The molecular formula is C13H15BrN2S. The standard InChI is InChI=1S/C13H15BrN2S/c1-8-6-9(14)7-10-12(8)16-13(15-10)11-4-2-3-5-17-11/h6-7,11H,2-5H2,1H3,(H,15,16). The second kappa shape index (κ2) is 4.65. The van der Waals surface area contributed by atoms with Crippen molar-refractivity contribution in [2.24, 2.45) is 0 Å². The van der Waals surface area contributed by atoms with Gasteiger partial charge in [-0.1, -0.05) is 22.4 Å². The van der Waals surface area contributed by atoms with Gasteiger partial charge in [-0.3, -0.25) is 0 Å². The monoisotopic (exact) mass is 310 g/mol. The van der Waals surface area contributed by atoms with Crippen molar-refractivity contribution in [1.29, 1.82) is 0 Å². The summed E-state index contributed by atoms with van der Waals surface area (Å²) in [5.74, 6) is 2.43. The number of thioether (sulfide) groups is 1. The highest BCUT2D eigenvalue weighted by Gasteiger charge is 2.19. The number of nitrogens with zero attached hydrogens (tertiary/aromatic N) is 1. The van der Waals surface area contributed by atoms with Crippen molar-refractivity contribution in [1.82, 2.24) is 9.97 Å². The van der Waals surface area contributed by atoms with E-state index in [0.717, 1.165) is 21.3 Å². The molecule has 0 spiro atoms. The van der Waals surface area contributed by atoms with Crippen LogP contribution in [-0.2, 0) is 0 Å². The normalized spacial score (nSPS) is 20.9. The predicted molar refractivity (Wildman–Crippen MR) is 77.6 cm³/mol. The maximum atomic E-state index is 4.78. The maximum Gasteiger partial charge on any atom is 0.120 e. The van der Waals surface area contributed by atoms with E-state index < -0.39 is 0 Å². The molecule has 1 aliphatic heterocycles. The highest BCUT2D eigenvalue weighted by Crippen LogP contribution is 2.38. The molecule has 3 rings (SSSR count). The van der Waals surface area contributed by atoms with E-state index in [4.69, 9.17) is 4.98 Å². The Balaban J connectivity index is 2.03. The Bertz CT molecular complexity index is 544. The SMILES string of the molecule is Cc1cc(Br)cc2[nH]c(C3CCCCS3)nc12. The van der Waals surface area contributed by atoms with E-state index >= 15 is 0 Å². The van der Waals surface area contributed by atoms with E-state index in [-0.39, 0.29) is 0 Å². The number of rotatable bonds is 1. The third kappa shape index (κ3) is 2.25. The molecule has 1 fully saturated rings. The Morgan fingerprint density at radius 1 is 1.41 bits per heavy atom. The quantitative estimate of drug-likeness (QED) is 0.834. The molecule has 4 heteroatoms. The number of fused-ring (bicyclic) bond motifs is 1. The van der Waals surface area contributed by atoms with Gasteiger partial charge >= 0.3 is 0 Å². The fraction of sp³-hybridized carbons (Fsp3) is 0.462. The lowest BCUT2D eigenvalue weighted by atomic mass is 10.2. The highest BCUT2D eigenvalue weighted by molar-refractivity contribution is 9.10. The molecule has 17 heavy (non-hydrogen) atoms. The van der Waals surface area contributed by atoms with Gasteiger partial charge in [0.2, 0.25) is 0 Å². The summed E-state index contributed by atoms with van der Waals surface area (Å²) < 4.78 is 1.12. The first-order valence-electron chi connectivity index (χ1n) is 6.01. The van der Waals surface area contributed by atoms with Crippen molar-refractivity contribution < 1.29 is 0 Å². The van der Waals surface area contributed by atoms with Gasteiger partial charge < -0.3 is 4.98 Å². The van der Waals surface area contributed by atoms with E-state index in [0.29, 0.717) is 5.25 Å².